The van der Waals surface area contributed by atoms with Crippen molar-refractivity contribution in [2.24, 2.45) is 11.8 Å². The number of piperidine rings is 3. The van der Waals surface area contributed by atoms with Gasteiger partial charge in [-0.1, -0.05) is 0 Å². The Labute approximate surface area is 163 Å². The summed E-state index contributed by atoms with van der Waals surface area (Å²) in [4.78, 5) is 22.8. The fourth-order valence-corrected chi connectivity index (χ4v) is 5.43. The van der Waals surface area contributed by atoms with Crippen LogP contribution in [0.15, 0.2) is 18.3 Å². The van der Waals surface area contributed by atoms with Crippen LogP contribution in [-0.4, -0.2) is 66.5 Å². The Kier molecular flexibility index (Phi) is 5.02. The monoisotopic (exact) mass is 396 g/mol. The van der Waals surface area contributed by atoms with Gasteiger partial charge in [-0.2, -0.15) is 13.2 Å². The Morgan fingerprint density at radius 1 is 1.25 bits per heavy atom. The second kappa shape index (κ2) is 7.21. The van der Waals surface area contributed by atoms with Crippen LogP contribution in [0.25, 0.3) is 0 Å². The highest BCUT2D eigenvalue weighted by molar-refractivity contribution is 5.78. The molecule has 0 saturated carbocycles. The van der Waals surface area contributed by atoms with Crippen molar-refractivity contribution in [3.05, 3.63) is 23.9 Å². The Balaban J connectivity index is 1.68. The molecule has 1 aromatic rings. The lowest BCUT2D eigenvalue weighted by Crippen LogP contribution is -2.67. The van der Waals surface area contributed by atoms with Gasteiger partial charge in [0, 0.05) is 44.3 Å². The molecule has 2 bridgehead atoms. The molecule has 28 heavy (non-hydrogen) atoms. The van der Waals surface area contributed by atoms with E-state index in [1.807, 2.05) is 19.0 Å². The van der Waals surface area contributed by atoms with Gasteiger partial charge in [0.25, 0.3) is 0 Å². The molecule has 3 aliphatic heterocycles. The SMILES string of the molecule is CN(C)C[C@H]1[C@H]2C[C@H](CN(c3ncccc3C(F)(F)F)C2)[C@@H]2CCCC(=O)N21. The van der Waals surface area contributed by atoms with Crippen LogP contribution in [0.2, 0.25) is 0 Å². The van der Waals surface area contributed by atoms with Crippen molar-refractivity contribution < 1.29 is 18.0 Å². The quantitative estimate of drug-likeness (QED) is 0.788. The van der Waals surface area contributed by atoms with Crippen molar-refractivity contribution in [1.29, 1.82) is 0 Å². The van der Waals surface area contributed by atoms with Crippen LogP contribution < -0.4 is 4.90 Å². The zero-order chi connectivity index (χ0) is 20.1. The predicted octanol–water partition coefficient (Wildman–Crippen LogP) is 2.87. The number of amides is 1. The number of halogens is 3. The smallest absolute Gasteiger partial charge is 0.355 e. The van der Waals surface area contributed by atoms with Gasteiger partial charge in [-0.25, -0.2) is 4.98 Å². The minimum Gasteiger partial charge on any atom is -0.355 e. The molecule has 3 fully saturated rings. The molecule has 8 heteroatoms. The maximum atomic E-state index is 13.5. The molecule has 0 aromatic carbocycles. The first-order valence-corrected chi connectivity index (χ1v) is 9.98. The summed E-state index contributed by atoms with van der Waals surface area (Å²) in [6.45, 7) is 1.77. The van der Waals surface area contributed by atoms with E-state index in [0.29, 0.717) is 19.5 Å². The molecule has 0 spiro atoms. The van der Waals surface area contributed by atoms with E-state index in [0.717, 1.165) is 31.9 Å². The Bertz CT molecular complexity index is 738. The summed E-state index contributed by atoms with van der Waals surface area (Å²) < 4.78 is 40.6. The topological polar surface area (TPSA) is 39.7 Å². The number of likely N-dealkylation sites (N-methyl/N-ethyl adjacent to an activating group) is 1. The average molecular weight is 396 g/mol. The highest BCUT2D eigenvalue weighted by Crippen LogP contribution is 2.44. The van der Waals surface area contributed by atoms with E-state index >= 15 is 0 Å². The molecule has 4 rings (SSSR count). The van der Waals surface area contributed by atoms with E-state index in [4.69, 9.17) is 0 Å². The summed E-state index contributed by atoms with van der Waals surface area (Å²) in [6, 6.07) is 2.63. The molecule has 4 atom stereocenters. The number of anilines is 1. The second-order valence-corrected chi connectivity index (χ2v) is 8.62. The highest BCUT2D eigenvalue weighted by atomic mass is 19.4. The molecule has 1 amide bonds. The number of carbonyl (C=O) groups excluding carboxylic acids is 1. The van der Waals surface area contributed by atoms with Crippen LogP contribution in [0.5, 0.6) is 0 Å². The summed E-state index contributed by atoms with van der Waals surface area (Å²) in [5, 5.41) is 0. The van der Waals surface area contributed by atoms with Crippen LogP contribution in [0.4, 0.5) is 19.0 Å². The number of alkyl halides is 3. The van der Waals surface area contributed by atoms with Gasteiger partial charge < -0.3 is 14.7 Å². The normalized spacial score (nSPS) is 30.6. The molecule has 5 nitrogen and oxygen atoms in total. The number of hydrogen-bond acceptors (Lipinski definition) is 4. The van der Waals surface area contributed by atoms with Crippen LogP contribution in [0.1, 0.15) is 31.2 Å². The van der Waals surface area contributed by atoms with Crippen LogP contribution in [-0.2, 0) is 11.0 Å². The van der Waals surface area contributed by atoms with Crippen molar-refractivity contribution >= 4 is 11.7 Å². The first kappa shape index (κ1) is 19.5. The first-order valence-electron chi connectivity index (χ1n) is 9.98. The summed E-state index contributed by atoms with van der Waals surface area (Å²) in [7, 11) is 3.97. The number of nitrogens with zero attached hydrogens (tertiary/aromatic N) is 4. The molecular weight excluding hydrogens is 369 g/mol. The predicted molar refractivity (Wildman–Crippen MR) is 99.9 cm³/mol. The molecule has 0 aliphatic carbocycles. The Morgan fingerprint density at radius 3 is 2.71 bits per heavy atom. The number of pyridine rings is 1. The van der Waals surface area contributed by atoms with E-state index in [-0.39, 0.29) is 35.6 Å². The van der Waals surface area contributed by atoms with Gasteiger partial charge >= 0.3 is 6.18 Å². The Hall–Kier alpha value is -1.83. The molecule has 0 radical (unpaired) electrons. The number of rotatable bonds is 3. The zero-order valence-electron chi connectivity index (χ0n) is 16.3. The van der Waals surface area contributed by atoms with Gasteiger partial charge in [0.05, 0.1) is 5.56 Å². The molecule has 154 valence electrons. The van der Waals surface area contributed by atoms with E-state index in [1.165, 1.54) is 12.3 Å². The number of aromatic nitrogens is 1. The van der Waals surface area contributed by atoms with Gasteiger partial charge in [0.15, 0.2) is 0 Å². The Morgan fingerprint density at radius 2 is 2.00 bits per heavy atom. The van der Waals surface area contributed by atoms with Crippen LogP contribution in [0, 0.1) is 11.8 Å². The summed E-state index contributed by atoms with van der Waals surface area (Å²) in [6.07, 6.45) is 0.372. The van der Waals surface area contributed by atoms with Crippen molar-refractivity contribution in [2.45, 2.75) is 43.9 Å². The van der Waals surface area contributed by atoms with Crippen molar-refractivity contribution in [3.63, 3.8) is 0 Å². The van der Waals surface area contributed by atoms with E-state index < -0.39 is 11.7 Å². The van der Waals surface area contributed by atoms with E-state index in [2.05, 4.69) is 14.8 Å². The van der Waals surface area contributed by atoms with E-state index in [9.17, 15) is 18.0 Å². The largest absolute Gasteiger partial charge is 0.419 e. The molecule has 1 aromatic heterocycles. The highest BCUT2D eigenvalue weighted by Gasteiger charge is 2.50. The number of hydrogen-bond donors (Lipinski definition) is 0. The maximum Gasteiger partial charge on any atom is 0.419 e. The van der Waals surface area contributed by atoms with Gasteiger partial charge in [0.1, 0.15) is 5.82 Å². The summed E-state index contributed by atoms with van der Waals surface area (Å²) in [5.74, 6) is 0.594. The van der Waals surface area contributed by atoms with Crippen LogP contribution >= 0.6 is 0 Å². The minimum absolute atomic E-state index is 0.0314. The summed E-state index contributed by atoms with van der Waals surface area (Å²) in [5.41, 5.74) is -0.671. The maximum absolute atomic E-state index is 13.5. The summed E-state index contributed by atoms with van der Waals surface area (Å²) >= 11 is 0. The average Bonchev–Trinajstić information content (AvgIpc) is 2.64. The van der Waals surface area contributed by atoms with Gasteiger partial charge in [-0.3, -0.25) is 4.79 Å². The molecule has 3 saturated heterocycles. The first-order chi connectivity index (χ1) is 13.3. The number of fused-ring (bicyclic) bond motifs is 4. The third-order valence-electron chi connectivity index (χ3n) is 6.44. The molecule has 0 N–H and O–H groups in total. The molecule has 3 aliphatic rings. The van der Waals surface area contributed by atoms with Gasteiger partial charge in [0.2, 0.25) is 5.91 Å². The van der Waals surface area contributed by atoms with Crippen LogP contribution in [0.3, 0.4) is 0 Å². The third-order valence-corrected chi connectivity index (χ3v) is 6.44. The van der Waals surface area contributed by atoms with Gasteiger partial charge in [-0.15, -0.1) is 0 Å². The lowest BCUT2D eigenvalue weighted by atomic mass is 9.72. The lowest BCUT2D eigenvalue weighted by Gasteiger charge is -2.57. The second-order valence-electron chi connectivity index (χ2n) is 8.62. The van der Waals surface area contributed by atoms with Crippen molar-refractivity contribution in [1.82, 2.24) is 14.8 Å². The lowest BCUT2D eigenvalue weighted by molar-refractivity contribution is -0.149. The fraction of sp³-hybridized carbons (Fsp3) is 0.700. The van der Waals surface area contributed by atoms with Gasteiger partial charge in [-0.05, 0) is 57.3 Å². The molecule has 4 heterocycles. The third kappa shape index (κ3) is 3.47. The minimum atomic E-state index is -4.42. The number of carbonyl (C=O) groups is 1. The fourth-order valence-electron chi connectivity index (χ4n) is 5.43. The van der Waals surface area contributed by atoms with E-state index in [1.54, 1.807) is 0 Å². The molecular formula is C20H27F3N4O. The van der Waals surface area contributed by atoms with Crippen molar-refractivity contribution in [3.8, 4) is 0 Å². The standard InChI is InChI=1S/C20H27F3N4O/c1-25(2)12-17-14-9-13(16-6-3-7-18(28)27(16)17)10-26(11-14)19-15(20(21,22)23)5-4-8-24-19/h4-5,8,13-14,16-17H,3,6-7,9-12H2,1-2H3/t13-,14+,16+,17+/m1/s1. The van der Waals surface area contributed by atoms with Crippen molar-refractivity contribution in [2.75, 3.05) is 38.6 Å². The molecule has 0 unspecified atom stereocenters. The zero-order valence-corrected chi connectivity index (χ0v) is 16.3.